The van der Waals surface area contributed by atoms with Gasteiger partial charge in [-0.3, -0.25) is 9.67 Å². The zero-order chi connectivity index (χ0) is 19.7. The molecule has 1 aromatic heterocycles. The fourth-order valence-electron chi connectivity index (χ4n) is 5.35. The van der Waals surface area contributed by atoms with Gasteiger partial charge in [0.05, 0.1) is 18.0 Å². The first kappa shape index (κ1) is 19.6. The molecule has 2 aliphatic heterocycles. The van der Waals surface area contributed by atoms with Crippen LogP contribution in [0.5, 0.6) is 0 Å². The normalized spacial score (nSPS) is 32.4. The number of aromatic nitrogens is 2. The lowest BCUT2D eigenvalue weighted by molar-refractivity contribution is -0.188. The Balaban J connectivity index is 1.39. The summed E-state index contributed by atoms with van der Waals surface area (Å²) >= 11 is 0. The van der Waals surface area contributed by atoms with Gasteiger partial charge in [0.2, 0.25) is 0 Å². The smallest absolute Gasteiger partial charge is 0.191 e. The number of aliphatic imine (C=N–C) groups is 1. The topological polar surface area (TPSA) is 66.7 Å². The van der Waals surface area contributed by atoms with Gasteiger partial charge in [-0.05, 0) is 32.6 Å². The van der Waals surface area contributed by atoms with Crippen molar-refractivity contribution in [3.05, 3.63) is 12.4 Å². The predicted octanol–water partition coefficient (Wildman–Crippen LogP) is 2.15. The van der Waals surface area contributed by atoms with Crippen molar-refractivity contribution in [3.63, 3.8) is 0 Å². The minimum absolute atomic E-state index is 0.148. The van der Waals surface area contributed by atoms with Crippen LogP contribution in [0.2, 0.25) is 0 Å². The summed E-state index contributed by atoms with van der Waals surface area (Å²) in [5.41, 5.74) is 1.36. The van der Waals surface area contributed by atoms with Crippen LogP contribution in [-0.4, -0.2) is 60.2 Å². The van der Waals surface area contributed by atoms with E-state index in [1.807, 2.05) is 17.9 Å². The highest BCUT2D eigenvalue weighted by molar-refractivity contribution is 5.81. The maximum atomic E-state index is 6.06. The molecule has 1 saturated carbocycles. The highest BCUT2D eigenvalue weighted by Crippen LogP contribution is 2.51. The van der Waals surface area contributed by atoms with Gasteiger partial charge < -0.3 is 20.3 Å². The van der Waals surface area contributed by atoms with E-state index in [0.717, 1.165) is 32.2 Å². The van der Waals surface area contributed by atoms with Crippen molar-refractivity contribution < 1.29 is 4.74 Å². The minimum Gasteiger partial charge on any atom is -0.377 e. The Kier molecular flexibility index (Phi) is 5.54. The van der Waals surface area contributed by atoms with Crippen molar-refractivity contribution in [2.75, 3.05) is 31.1 Å². The van der Waals surface area contributed by atoms with Gasteiger partial charge in [0.1, 0.15) is 0 Å². The Hall–Kier alpha value is -1.76. The first-order valence-electron chi connectivity index (χ1n) is 10.9. The number of aryl methyl sites for hydroxylation is 1. The summed E-state index contributed by atoms with van der Waals surface area (Å²) in [6, 6.07) is 0.821. The van der Waals surface area contributed by atoms with Crippen LogP contribution in [0.4, 0.5) is 5.69 Å². The molecule has 3 aliphatic rings. The maximum Gasteiger partial charge on any atom is 0.191 e. The van der Waals surface area contributed by atoms with Crippen LogP contribution in [0, 0.1) is 11.3 Å². The number of rotatable bonds is 4. The third kappa shape index (κ3) is 3.73. The van der Waals surface area contributed by atoms with Gasteiger partial charge >= 0.3 is 0 Å². The Morgan fingerprint density at radius 1 is 1.32 bits per heavy atom. The molecule has 1 aromatic rings. The van der Waals surface area contributed by atoms with Gasteiger partial charge in [-0.25, -0.2) is 0 Å². The van der Waals surface area contributed by atoms with E-state index in [0.29, 0.717) is 24.1 Å². The van der Waals surface area contributed by atoms with Crippen LogP contribution in [0.3, 0.4) is 0 Å². The zero-order valence-corrected chi connectivity index (χ0v) is 17.8. The van der Waals surface area contributed by atoms with E-state index in [4.69, 9.17) is 9.73 Å². The summed E-state index contributed by atoms with van der Waals surface area (Å²) in [6.45, 7) is 10.5. The summed E-state index contributed by atoms with van der Waals surface area (Å²) in [7, 11) is 1.97. The predicted molar refractivity (Wildman–Crippen MR) is 113 cm³/mol. The molecule has 1 aliphatic carbocycles. The van der Waals surface area contributed by atoms with Gasteiger partial charge in [-0.2, -0.15) is 5.10 Å². The quantitative estimate of drug-likeness (QED) is 0.611. The molecule has 0 spiro atoms. The monoisotopic (exact) mass is 388 g/mol. The van der Waals surface area contributed by atoms with Crippen molar-refractivity contribution >= 4 is 11.6 Å². The van der Waals surface area contributed by atoms with Crippen LogP contribution < -0.4 is 15.5 Å². The second-order valence-electron chi connectivity index (χ2n) is 9.17. The molecular formula is C21H36N6O. The lowest BCUT2D eigenvalue weighted by Gasteiger charge is -2.60. The van der Waals surface area contributed by atoms with E-state index in [-0.39, 0.29) is 5.41 Å². The van der Waals surface area contributed by atoms with Crippen LogP contribution in [-0.2, 0) is 11.8 Å². The third-order valence-corrected chi connectivity index (χ3v) is 6.76. The molecule has 0 amide bonds. The van der Waals surface area contributed by atoms with E-state index in [1.165, 1.54) is 31.4 Å². The highest BCUT2D eigenvalue weighted by atomic mass is 16.5. The van der Waals surface area contributed by atoms with Crippen molar-refractivity contribution in [1.29, 1.82) is 0 Å². The summed E-state index contributed by atoms with van der Waals surface area (Å²) in [5.74, 6) is 1.56. The zero-order valence-electron chi connectivity index (χ0n) is 17.8. The summed E-state index contributed by atoms with van der Waals surface area (Å²) < 4.78 is 7.94. The Bertz CT molecular complexity index is 699. The molecular weight excluding hydrogens is 352 g/mol. The number of piperidine rings is 1. The SMILES string of the molecule is CCN=C(NC1CCCN(c2cnn(C)c2)C1)NC1C2CCCOC2C1(C)C. The van der Waals surface area contributed by atoms with E-state index >= 15 is 0 Å². The average molecular weight is 389 g/mol. The number of anilines is 1. The standard InChI is InChI=1S/C21H36N6O/c1-5-22-20(25-18-17-9-7-11-28-19(17)21(18,2)3)24-15-8-6-10-27(13-15)16-12-23-26(4)14-16/h12,14-15,17-19H,5-11,13H2,1-4H3,(H2,22,24,25). The second kappa shape index (κ2) is 7.93. The Morgan fingerprint density at radius 2 is 2.18 bits per heavy atom. The fourth-order valence-corrected chi connectivity index (χ4v) is 5.35. The molecule has 0 aromatic carbocycles. The number of guanidine groups is 1. The molecule has 3 heterocycles. The molecule has 2 N–H and O–H groups in total. The van der Waals surface area contributed by atoms with Crippen molar-refractivity contribution in [3.8, 4) is 0 Å². The third-order valence-electron chi connectivity index (χ3n) is 6.76. The van der Waals surface area contributed by atoms with Gasteiger partial charge in [0.25, 0.3) is 0 Å². The van der Waals surface area contributed by atoms with Gasteiger partial charge in [0.15, 0.2) is 5.96 Å². The van der Waals surface area contributed by atoms with E-state index < -0.39 is 0 Å². The molecule has 28 heavy (non-hydrogen) atoms. The Morgan fingerprint density at radius 3 is 2.93 bits per heavy atom. The number of hydrogen-bond donors (Lipinski definition) is 2. The van der Waals surface area contributed by atoms with Crippen LogP contribution in [0.1, 0.15) is 46.5 Å². The molecule has 7 heteroatoms. The average Bonchev–Trinajstić information content (AvgIpc) is 3.13. The van der Waals surface area contributed by atoms with Gasteiger partial charge in [-0.15, -0.1) is 0 Å². The van der Waals surface area contributed by atoms with E-state index in [9.17, 15) is 0 Å². The minimum atomic E-state index is 0.148. The summed E-state index contributed by atoms with van der Waals surface area (Å²) in [5, 5.41) is 11.8. The van der Waals surface area contributed by atoms with E-state index in [2.05, 4.69) is 47.6 Å². The first-order chi connectivity index (χ1) is 13.5. The maximum absolute atomic E-state index is 6.06. The first-order valence-corrected chi connectivity index (χ1v) is 10.9. The van der Waals surface area contributed by atoms with Gasteiger partial charge in [-0.1, -0.05) is 13.8 Å². The molecule has 4 rings (SSSR count). The summed E-state index contributed by atoms with van der Waals surface area (Å²) in [6.07, 6.45) is 9.22. The lowest BCUT2D eigenvalue weighted by atomic mass is 9.55. The van der Waals surface area contributed by atoms with Crippen molar-refractivity contribution in [1.82, 2.24) is 20.4 Å². The summed E-state index contributed by atoms with van der Waals surface area (Å²) in [4.78, 5) is 7.19. The molecule has 2 saturated heterocycles. The number of nitrogens with one attached hydrogen (secondary N) is 2. The van der Waals surface area contributed by atoms with E-state index in [1.54, 1.807) is 0 Å². The van der Waals surface area contributed by atoms with Crippen LogP contribution in [0.25, 0.3) is 0 Å². The molecule has 0 radical (unpaired) electrons. The van der Waals surface area contributed by atoms with Crippen molar-refractivity contribution in [2.45, 2.75) is 64.6 Å². The molecule has 0 bridgehead atoms. The molecule has 156 valence electrons. The van der Waals surface area contributed by atoms with Crippen molar-refractivity contribution in [2.24, 2.45) is 23.4 Å². The van der Waals surface area contributed by atoms with Crippen LogP contribution >= 0.6 is 0 Å². The number of fused-ring (bicyclic) bond motifs is 1. The highest BCUT2D eigenvalue weighted by Gasteiger charge is 2.58. The second-order valence-corrected chi connectivity index (χ2v) is 9.17. The molecule has 4 unspecified atom stereocenters. The van der Waals surface area contributed by atoms with Gasteiger partial charge in [0, 0.05) is 62.9 Å². The largest absolute Gasteiger partial charge is 0.377 e. The fraction of sp³-hybridized carbons (Fsp3) is 0.810. The number of ether oxygens (including phenoxy) is 1. The number of hydrogen-bond acceptors (Lipinski definition) is 4. The molecule has 7 nitrogen and oxygen atoms in total. The Labute approximate surface area is 168 Å². The van der Waals surface area contributed by atoms with Crippen LogP contribution in [0.15, 0.2) is 17.4 Å². The molecule has 4 atom stereocenters. The number of nitrogens with zero attached hydrogens (tertiary/aromatic N) is 4. The molecule has 3 fully saturated rings. The lowest BCUT2D eigenvalue weighted by Crippen LogP contribution is -2.71.